The van der Waals surface area contributed by atoms with E-state index in [1.54, 1.807) is 19.2 Å². The number of hydrogen-bond donors (Lipinski definition) is 1. The Morgan fingerprint density at radius 3 is 2.75 bits per heavy atom. The number of anilines is 2. The van der Waals surface area contributed by atoms with Crippen molar-refractivity contribution in [2.75, 3.05) is 12.4 Å². The van der Waals surface area contributed by atoms with Crippen LogP contribution in [0.5, 0.6) is 5.88 Å². The molecule has 2 aromatic heterocycles. The maximum atomic E-state index is 8.75. The molecule has 0 aromatic carbocycles. The Bertz CT molecular complexity index is 644. The van der Waals surface area contributed by atoms with Crippen molar-refractivity contribution >= 4 is 11.5 Å². The third-order valence-corrected chi connectivity index (χ3v) is 2.98. The predicted molar refractivity (Wildman–Crippen MR) is 77.1 cm³/mol. The lowest BCUT2D eigenvalue weighted by Crippen LogP contribution is -2.02. The van der Waals surface area contributed by atoms with Crippen molar-refractivity contribution in [2.24, 2.45) is 0 Å². The molecule has 1 N–H and O–H groups in total. The first-order valence-electron chi connectivity index (χ1n) is 6.35. The largest absolute Gasteiger partial charge is 0.481 e. The van der Waals surface area contributed by atoms with Gasteiger partial charge in [-0.1, -0.05) is 6.92 Å². The molecule has 0 aliphatic heterocycles. The number of nitriles is 1. The third kappa shape index (κ3) is 2.86. The summed E-state index contributed by atoms with van der Waals surface area (Å²) in [6.45, 7) is 3.96. The normalized spacial score (nSPS) is 9.90. The minimum atomic E-state index is 0.536. The van der Waals surface area contributed by atoms with E-state index in [0.717, 1.165) is 23.4 Å². The summed E-state index contributed by atoms with van der Waals surface area (Å²) in [7, 11) is 1.62. The fourth-order valence-electron chi connectivity index (χ4n) is 1.85. The van der Waals surface area contributed by atoms with Crippen molar-refractivity contribution < 1.29 is 4.74 Å². The Hall–Kier alpha value is -2.61. The van der Waals surface area contributed by atoms with Gasteiger partial charge in [0.1, 0.15) is 11.9 Å². The highest BCUT2D eigenvalue weighted by atomic mass is 16.5. The summed E-state index contributed by atoms with van der Waals surface area (Å²) in [6, 6.07) is 7.55. The Kier molecular flexibility index (Phi) is 4.16. The SMILES string of the molecule is CCc1cc(Nc2ccc(C#N)cn2)c(C)nc1OC. The summed E-state index contributed by atoms with van der Waals surface area (Å²) in [5.74, 6) is 1.34. The summed E-state index contributed by atoms with van der Waals surface area (Å²) in [6.07, 6.45) is 2.38. The number of nitrogens with one attached hydrogen (secondary N) is 1. The van der Waals surface area contributed by atoms with Crippen molar-refractivity contribution in [1.29, 1.82) is 5.26 Å². The van der Waals surface area contributed by atoms with Crippen molar-refractivity contribution in [3.8, 4) is 11.9 Å². The fourth-order valence-corrected chi connectivity index (χ4v) is 1.85. The highest BCUT2D eigenvalue weighted by Crippen LogP contribution is 2.25. The third-order valence-electron chi connectivity index (χ3n) is 2.98. The molecular weight excluding hydrogens is 252 g/mol. The van der Waals surface area contributed by atoms with Gasteiger partial charge >= 0.3 is 0 Å². The van der Waals surface area contributed by atoms with Crippen LogP contribution >= 0.6 is 0 Å². The lowest BCUT2D eigenvalue weighted by atomic mass is 10.1. The number of hydrogen-bond acceptors (Lipinski definition) is 5. The van der Waals surface area contributed by atoms with E-state index in [1.807, 2.05) is 19.1 Å². The zero-order valence-electron chi connectivity index (χ0n) is 11.8. The molecule has 0 aliphatic rings. The average Bonchev–Trinajstić information content (AvgIpc) is 2.49. The maximum absolute atomic E-state index is 8.75. The van der Waals surface area contributed by atoms with Crippen LogP contribution in [0.4, 0.5) is 11.5 Å². The summed E-state index contributed by atoms with van der Waals surface area (Å²) in [5, 5.41) is 12.0. The minimum absolute atomic E-state index is 0.536. The molecule has 0 fully saturated rings. The molecule has 0 radical (unpaired) electrons. The molecule has 2 rings (SSSR count). The van der Waals surface area contributed by atoms with Crippen molar-refractivity contribution in [3.63, 3.8) is 0 Å². The number of nitrogens with zero attached hydrogens (tertiary/aromatic N) is 3. The Morgan fingerprint density at radius 2 is 2.20 bits per heavy atom. The second-order valence-electron chi connectivity index (χ2n) is 4.31. The number of aromatic nitrogens is 2. The van der Waals surface area contributed by atoms with E-state index < -0.39 is 0 Å². The monoisotopic (exact) mass is 268 g/mol. The lowest BCUT2D eigenvalue weighted by molar-refractivity contribution is 0.392. The zero-order valence-corrected chi connectivity index (χ0v) is 11.8. The summed E-state index contributed by atoms with van der Waals surface area (Å²) >= 11 is 0. The van der Waals surface area contributed by atoms with Crippen LogP contribution in [-0.2, 0) is 6.42 Å². The Labute approximate surface area is 118 Å². The predicted octanol–water partition coefficient (Wildman–Crippen LogP) is 2.97. The van der Waals surface area contributed by atoms with Crippen LogP contribution in [0.1, 0.15) is 23.7 Å². The van der Waals surface area contributed by atoms with Crippen molar-refractivity contribution in [2.45, 2.75) is 20.3 Å². The van der Waals surface area contributed by atoms with Gasteiger partial charge in [-0.2, -0.15) is 5.26 Å². The molecule has 102 valence electrons. The van der Waals surface area contributed by atoms with Crippen LogP contribution in [0.2, 0.25) is 0 Å². The lowest BCUT2D eigenvalue weighted by Gasteiger charge is -2.12. The van der Waals surface area contributed by atoms with Gasteiger partial charge in [0.25, 0.3) is 0 Å². The number of pyridine rings is 2. The van der Waals surface area contributed by atoms with Gasteiger partial charge in [-0.05, 0) is 31.5 Å². The molecule has 5 nitrogen and oxygen atoms in total. The second-order valence-corrected chi connectivity index (χ2v) is 4.31. The van der Waals surface area contributed by atoms with Crippen molar-refractivity contribution in [3.05, 3.63) is 41.2 Å². The topological polar surface area (TPSA) is 70.8 Å². The molecule has 20 heavy (non-hydrogen) atoms. The van der Waals surface area contributed by atoms with Gasteiger partial charge in [0.15, 0.2) is 0 Å². The number of ether oxygens (including phenoxy) is 1. The van der Waals surface area contributed by atoms with Gasteiger partial charge in [0, 0.05) is 11.8 Å². The number of rotatable bonds is 4. The van der Waals surface area contributed by atoms with Gasteiger partial charge in [0.05, 0.1) is 24.1 Å². The Balaban J connectivity index is 2.30. The second kappa shape index (κ2) is 6.02. The van der Waals surface area contributed by atoms with Gasteiger partial charge in [0.2, 0.25) is 5.88 Å². The standard InChI is InChI=1S/C15H16N4O/c1-4-12-7-13(10(2)18-15(12)20-3)19-14-6-5-11(8-16)9-17-14/h5-7,9H,4H2,1-3H3,(H,17,19). The highest BCUT2D eigenvalue weighted by Gasteiger charge is 2.09. The first kappa shape index (κ1) is 13.8. The van der Waals surface area contributed by atoms with E-state index in [0.29, 0.717) is 17.3 Å². The van der Waals surface area contributed by atoms with Crippen LogP contribution in [0.15, 0.2) is 24.4 Å². The van der Waals surface area contributed by atoms with Crippen molar-refractivity contribution in [1.82, 2.24) is 9.97 Å². The van der Waals surface area contributed by atoms with Crippen LogP contribution in [0.25, 0.3) is 0 Å². The van der Waals surface area contributed by atoms with Gasteiger partial charge in [-0.3, -0.25) is 0 Å². The molecule has 5 heteroatoms. The molecule has 0 amide bonds. The first-order chi connectivity index (χ1) is 9.67. The quantitative estimate of drug-likeness (QED) is 0.923. The highest BCUT2D eigenvalue weighted by molar-refractivity contribution is 5.61. The van der Waals surface area contributed by atoms with Crippen LogP contribution in [-0.4, -0.2) is 17.1 Å². The van der Waals surface area contributed by atoms with E-state index in [1.165, 1.54) is 6.20 Å². The maximum Gasteiger partial charge on any atom is 0.216 e. The molecule has 0 unspecified atom stereocenters. The minimum Gasteiger partial charge on any atom is -0.481 e. The van der Waals surface area contributed by atoms with Crippen LogP contribution in [0.3, 0.4) is 0 Å². The van der Waals surface area contributed by atoms with E-state index >= 15 is 0 Å². The first-order valence-corrected chi connectivity index (χ1v) is 6.35. The molecular formula is C15H16N4O. The van der Waals surface area contributed by atoms with Crippen LogP contribution in [0, 0.1) is 18.3 Å². The summed E-state index contributed by atoms with van der Waals surface area (Å²) in [4.78, 5) is 8.62. The molecule has 0 saturated carbocycles. The number of aryl methyl sites for hydroxylation is 2. The molecule has 0 spiro atoms. The van der Waals surface area contributed by atoms with E-state index in [9.17, 15) is 0 Å². The van der Waals surface area contributed by atoms with Gasteiger partial charge < -0.3 is 10.1 Å². The molecule has 0 bridgehead atoms. The van der Waals surface area contributed by atoms with E-state index in [-0.39, 0.29) is 0 Å². The molecule has 0 atom stereocenters. The Morgan fingerprint density at radius 1 is 1.40 bits per heavy atom. The molecule has 2 aromatic rings. The summed E-state index contributed by atoms with van der Waals surface area (Å²) in [5.41, 5.74) is 3.30. The zero-order chi connectivity index (χ0) is 14.5. The average molecular weight is 268 g/mol. The summed E-state index contributed by atoms with van der Waals surface area (Å²) < 4.78 is 5.26. The van der Waals surface area contributed by atoms with Gasteiger partial charge in [-0.15, -0.1) is 0 Å². The van der Waals surface area contributed by atoms with E-state index in [4.69, 9.17) is 10.00 Å². The molecule has 2 heterocycles. The van der Waals surface area contributed by atoms with Gasteiger partial charge in [-0.25, -0.2) is 9.97 Å². The molecule has 0 saturated heterocycles. The molecule has 0 aliphatic carbocycles. The smallest absolute Gasteiger partial charge is 0.216 e. The number of methoxy groups -OCH3 is 1. The van der Waals surface area contributed by atoms with Crippen LogP contribution < -0.4 is 10.1 Å². The fraction of sp³-hybridized carbons (Fsp3) is 0.267. The van der Waals surface area contributed by atoms with E-state index in [2.05, 4.69) is 22.2 Å².